The van der Waals surface area contributed by atoms with Crippen LogP contribution in [0.3, 0.4) is 0 Å². The number of benzene rings is 2. The maximum Gasteiger partial charge on any atom is 0.301 e. The van der Waals surface area contributed by atoms with Gasteiger partial charge in [0.2, 0.25) is 0 Å². The number of aliphatic hydroxyl groups is 1. The van der Waals surface area contributed by atoms with Crippen molar-refractivity contribution in [3.05, 3.63) is 77.6 Å². The van der Waals surface area contributed by atoms with Gasteiger partial charge in [0.25, 0.3) is 0 Å². The van der Waals surface area contributed by atoms with Crippen molar-refractivity contribution in [3.63, 3.8) is 0 Å². The lowest BCUT2D eigenvalue weighted by Gasteiger charge is -2.51. The summed E-state index contributed by atoms with van der Waals surface area (Å²) in [5.74, 6) is -3.89. The van der Waals surface area contributed by atoms with Gasteiger partial charge in [0.1, 0.15) is 22.9 Å². The van der Waals surface area contributed by atoms with E-state index in [0.29, 0.717) is 23.4 Å². The highest BCUT2D eigenvalue weighted by Crippen LogP contribution is 2.50. The van der Waals surface area contributed by atoms with E-state index >= 15 is 8.78 Å². The summed E-state index contributed by atoms with van der Waals surface area (Å²) in [6, 6.07) is 9.28. The molecule has 3 N–H and O–H groups in total. The minimum Gasteiger partial charge on any atom is -0.494 e. The van der Waals surface area contributed by atoms with Crippen LogP contribution in [-0.2, 0) is 16.1 Å². The molecule has 7 nitrogen and oxygen atoms in total. The third kappa shape index (κ3) is 3.58. The summed E-state index contributed by atoms with van der Waals surface area (Å²) in [6.07, 6.45) is 6.43. The highest BCUT2D eigenvalue weighted by Gasteiger charge is 2.52. The van der Waals surface area contributed by atoms with Crippen molar-refractivity contribution in [3.8, 4) is 17.0 Å². The molecule has 2 aliphatic heterocycles. The van der Waals surface area contributed by atoms with Crippen molar-refractivity contribution in [2.24, 2.45) is 0 Å². The van der Waals surface area contributed by atoms with Crippen molar-refractivity contribution in [1.82, 2.24) is 14.4 Å². The Balaban J connectivity index is 1.41. The molecule has 2 bridgehead atoms. The number of rotatable bonds is 6. The van der Waals surface area contributed by atoms with Crippen LogP contribution in [0.25, 0.3) is 16.8 Å². The number of aliphatic hydroxyl groups excluding tert-OH is 1. The third-order valence-corrected chi connectivity index (χ3v) is 8.16. The second-order valence-corrected chi connectivity index (χ2v) is 10.2. The van der Waals surface area contributed by atoms with Gasteiger partial charge in [0.15, 0.2) is 11.6 Å². The number of imidazole rings is 1. The fourth-order valence-electron chi connectivity index (χ4n) is 5.80. The lowest BCUT2D eigenvalue weighted by molar-refractivity contribution is -0.177. The first-order valence-corrected chi connectivity index (χ1v) is 12.4. The number of alkyl halides is 2. The predicted molar refractivity (Wildman–Crippen MR) is 135 cm³/mol. The summed E-state index contributed by atoms with van der Waals surface area (Å²) >= 11 is 0. The minimum atomic E-state index is -3.58. The summed E-state index contributed by atoms with van der Waals surface area (Å²) < 4.78 is 58.2. The van der Waals surface area contributed by atoms with E-state index in [0.717, 1.165) is 37.6 Å². The summed E-state index contributed by atoms with van der Waals surface area (Å²) in [6.45, 7) is 0.412. The molecule has 1 aliphatic carbocycles. The first-order chi connectivity index (χ1) is 18.2. The van der Waals surface area contributed by atoms with Crippen molar-refractivity contribution in [2.45, 2.75) is 42.6 Å². The second kappa shape index (κ2) is 8.71. The SMILES string of the molecule is COc1cccc(C(F)(F)c2ccc(-c3nc(C45CCC(CO)(CC4)OC5)n4ccnc(N)c34)cc2)c1F. The third-order valence-electron chi connectivity index (χ3n) is 8.16. The van der Waals surface area contributed by atoms with Gasteiger partial charge in [-0.25, -0.2) is 14.4 Å². The Labute approximate surface area is 217 Å². The molecule has 0 radical (unpaired) electrons. The number of aromatic nitrogens is 3. The highest BCUT2D eigenvalue weighted by molar-refractivity contribution is 5.85. The van der Waals surface area contributed by atoms with Gasteiger partial charge in [0, 0.05) is 23.5 Å². The fourth-order valence-corrected chi connectivity index (χ4v) is 5.80. The quantitative estimate of drug-likeness (QED) is 0.375. The van der Waals surface area contributed by atoms with E-state index in [4.69, 9.17) is 20.2 Å². The monoisotopic (exact) mass is 524 g/mol. The smallest absolute Gasteiger partial charge is 0.301 e. The van der Waals surface area contributed by atoms with Crippen LogP contribution in [0.1, 0.15) is 42.6 Å². The zero-order valence-electron chi connectivity index (χ0n) is 20.8. The number of fused-ring (bicyclic) bond motifs is 4. The van der Waals surface area contributed by atoms with Gasteiger partial charge >= 0.3 is 5.92 Å². The second-order valence-electron chi connectivity index (χ2n) is 10.2. The van der Waals surface area contributed by atoms with Crippen LogP contribution in [0, 0.1) is 5.82 Å². The lowest BCUT2D eigenvalue weighted by atomic mass is 9.66. The van der Waals surface area contributed by atoms with E-state index in [1.165, 1.54) is 43.5 Å². The number of methoxy groups -OCH3 is 1. The fraction of sp³-hybridized carbons (Fsp3) is 0.357. The van der Waals surface area contributed by atoms with E-state index in [9.17, 15) is 9.50 Å². The van der Waals surface area contributed by atoms with E-state index in [1.807, 2.05) is 4.40 Å². The molecule has 10 heteroatoms. The molecule has 3 aliphatic rings. The van der Waals surface area contributed by atoms with Crippen LogP contribution >= 0.6 is 0 Å². The van der Waals surface area contributed by atoms with Crippen LogP contribution < -0.4 is 10.5 Å². The average Bonchev–Trinajstić information content (AvgIpc) is 3.36. The molecule has 1 saturated carbocycles. The standard InChI is InChI=1S/C28H27F3N4O3/c1-37-20-4-2-3-19(21(20)29)28(30,31)18-7-5-17(6-8-18)22-23-24(32)33-13-14-35(23)25(34-22)26-9-11-27(15-36,12-10-26)38-16-26/h2-8,13-14,36H,9-12,15-16H2,1H3,(H2,32,33). The molecule has 2 saturated heterocycles. The van der Waals surface area contributed by atoms with Crippen molar-refractivity contribution in [1.29, 1.82) is 0 Å². The van der Waals surface area contributed by atoms with Crippen LogP contribution in [0.4, 0.5) is 19.0 Å². The minimum absolute atomic E-state index is 0.00975. The zero-order chi connectivity index (χ0) is 26.7. The van der Waals surface area contributed by atoms with Gasteiger partial charge in [0.05, 0.1) is 36.9 Å². The molecule has 0 atom stereocenters. The van der Waals surface area contributed by atoms with E-state index in [-0.39, 0.29) is 29.2 Å². The van der Waals surface area contributed by atoms with Crippen LogP contribution in [0.2, 0.25) is 0 Å². The van der Waals surface area contributed by atoms with E-state index < -0.39 is 22.9 Å². The normalized spacial score (nSPS) is 23.2. The van der Waals surface area contributed by atoms with Crippen molar-refractivity contribution < 1.29 is 27.8 Å². The Bertz CT molecular complexity index is 1500. The molecule has 2 aromatic carbocycles. The Hall–Kier alpha value is -3.63. The van der Waals surface area contributed by atoms with Gasteiger partial charge in [-0.1, -0.05) is 30.3 Å². The first kappa shape index (κ1) is 24.7. The average molecular weight is 525 g/mol. The van der Waals surface area contributed by atoms with Crippen LogP contribution in [0.15, 0.2) is 54.9 Å². The van der Waals surface area contributed by atoms with E-state index in [1.54, 1.807) is 12.4 Å². The summed E-state index contributed by atoms with van der Waals surface area (Å²) in [7, 11) is 1.23. The Morgan fingerprint density at radius 3 is 2.50 bits per heavy atom. The molecule has 0 amide bonds. The molecule has 0 unspecified atom stereocenters. The number of anilines is 1. The number of ether oxygens (including phenoxy) is 2. The Morgan fingerprint density at radius 2 is 1.87 bits per heavy atom. The molecule has 7 rings (SSSR count). The van der Waals surface area contributed by atoms with Gasteiger partial charge in [-0.05, 0) is 37.8 Å². The summed E-state index contributed by atoms with van der Waals surface area (Å²) in [4.78, 5) is 9.22. The number of hydrogen-bond acceptors (Lipinski definition) is 6. The van der Waals surface area contributed by atoms with Gasteiger partial charge in [-0.15, -0.1) is 0 Å². The lowest BCUT2D eigenvalue weighted by Crippen LogP contribution is -2.55. The Morgan fingerprint density at radius 1 is 1.13 bits per heavy atom. The van der Waals surface area contributed by atoms with Crippen molar-refractivity contribution >= 4 is 11.3 Å². The molecule has 0 spiro atoms. The maximum atomic E-state index is 15.3. The molecular weight excluding hydrogens is 497 g/mol. The largest absolute Gasteiger partial charge is 0.494 e. The Kier molecular flexibility index (Phi) is 5.66. The molecular formula is C28H27F3N4O3. The summed E-state index contributed by atoms with van der Waals surface area (Å²) in [5, 5.41) is 9.82. The topological polar surface area (TPSA) is 94.9 Å². The zero-order valence-corrected chi connectivity index (χ0v) is 20.8. The van der Waals surface area contributed by atoms with Gasteiger partial charge < -0.3 is 20.3 Å². The predicted octanol–water partition coefficient (Wildman–Crippen LogP) is 4.84. The molecule has 38 heavy (non-hydrogen) atoms. The van der Waals surface area contributed by atoms with Crippen molar-refractivity contribution in [2.75, 3.05) is 26.1 Å². The summed E-state index contributed by atoms with van der Waals surface area (Å²) in [5.41, 5.74) is 5.99. The first-order valence-electron chi connectivity index (χ1n) is 12.4. The molecule has 4 aromatic rings. The number of hydrogen-bond donors (Lipinski definition) is 2. The van der Waals surface area contributed by atoms with Crippen LogP contribution in [0.5, 0.6) is 5.75 Å². The number of halogens is 3. The van der Waals surface area contributed by atoms with Gasteiger partial charge in [-0.2, -0.15) is 8.78 Å². The number of nitrogens with two attached hydrogens (primary N) is 1. The van der Waals surface area contributed by atoms with Gasteiger partial charge in [-0.3, -0.25) is 4.40 Å². The molecule has 4 heterocycles. The molecule has 3 fully saturated rings. The highest BCUT2D eigenvalue weighted by atomic mass is 19.3. The molecule has 2 aromatic heterocycles. The number of nitrogens with zero attached hydrogens (tertiary/aromatic N) is 3. The van der Waals surface area contributed by atoms with E-state index in [2.05, 4.69) is 4.98 Å². The molecule has 198 valence electrons. The maximum absolute atomic E-state index is 15.3. The van der Waals surface area contributed by atoms with Crippen LogP contribution in [-0.4, -0.2) is 45.4 Å². The number of nitrogen functional groups attached to an aromatic ring is 1.